The maximum Gasteiger partial charge on any atom is 0.329 e. The molecule has 0 aromatic heterocycles. The van der Waals surface area contributed by atoms with Crippen molar-refractivity contribution >= 4 is 22.9 Å². The zero-order chi connectivity index (χ0) is 11.6. The van der Waals surface area contributed by atoms with E-state index in [1.54, 1.807) is 20.8 Å². The van der Waals surface area contributed by atoms with Crippen LogP contribution in [0.2, 0.25) is 0 Å². The van der Waals surface area contributed by atoms with E-state index < -0.39 is 17.0 Å². The minimum Gasteiger partial charge on any atom is -0.458 e. The molecule has 5 heteroatoms. The third-order valence-electron chi connectivity index (χ3n) is 2.16. The Morgan fingerprint density at radius 1 is 1.40 bits per heavy atom. The fourth-order valence-corrected chi connectivity index (χ4v) is 1.79. The first-order valence-electron chi connectivity index (χ1n) is 5.00. The second-order valence-electron chi connectivity index (χ2n) is 4.64. The first-order valence-corrected chi connectivity index (χ1v) is 5.38. The lowest BCUT2D eigenvalue weighted by atomic mass is 10.1. The second-order valence-corrected chi connectivity index (χ2v) is 4.96. The molecule has 0 aromatic carbocycles. The van der Waals surface area contributed by atoms with Gasteiger partial charge in [-0.25, -0.2) is 4.79 Å². The molecule has 0 unspecified atom stereocenters. The van der Waals surface area contributed by atoms with Crippen LogP contribution in [0.4, 0.5) is 4.79 Å². The Bertz CT molecular complexity index is 272. The average molecular weight is 234 g/mol. The number of likely N-dealkylation sites (tertiary alicyclic amines) is 1. The average Bonchev–Trinajstić information content (AvgIpc) is 2.47. The lowest BCUT2D eigenvalue weighted by Gasteiger charge is -2.25. The molecule has 0 bridgehead atoms. The molecule has 0 saturated carbocycles. The van der Waals surface area contributed by atoms with Crippen molar-refractivity contribution in [2.24, 2.45) is 0 Å². The molecule has 1 fully saturated rings. The van der Waals surface area contributed by atoms with Crippen molar-refractivity contribution in [1.29, 1.82) is 0 Å². The minimum absolute atomic E-state index is 0.367. The van der Waals surface area contributed by atoms with Crippen molar-refractivity contribution in [3.63, 3.8) is 0 Å². The van der Waals surface area contributed by atoms with Crippen LogP contribution in [0, 0.1) is 0 Å². The maximum absolute atomic E-state index is 11.7. The minimum atomic E-state index is -0.580. The highest BCUT2D eigenvalue weighted by Crippen LogP contribution is 2.22. The fourth-order valence-electron chi connectivity index (χ4n) is 1.59. The zero-order valence-corrected chi connectivity index (χ0v) is 10.0. The molecule has 0 N–H and O–H groups in total. The topological polar surface area (TPSA) is 46.6 Å². The van der Waals surface area contributed by atoms with Gasteiger partial charge in [0.05, 0.1) is 0 Å². The first-order chi connectivity index (χ1) is 6.81. The molecule has 1 aliphatic heterocycles. The molecule has 1 rings (SSSR count). The number of carbonyl (C=O) groups excluding carboxylic acids is 2. The van der Waals surface area contributed by atoms with Gasteiger partial charge < -0.3 is 9.64 Å². The molecule has 0 aromatic rings. The first kappa shape index (κ1) is 12.3. The van der Waals surface area contributed by atoms with Crippen molar-refractivity contribution in [2.45, 2.75) is 45.3 Å². The molecule has 0 spiro atoms. The lowest BCUT2D eigenvalue weighted by Crippen LogP contribution is -2.41. The van der Waals surface area contributed by atoms with Crippen molar-refractivity contribution < 1.29 is 14.3 Å². The molecule has 15 heavy (non-hydrogen) atoms. The summed E-state index contributed by atoms with van der Waals surface area (Å²) in [6, 6.07) is -0.505. The summed E-state index contributed by atoms with van der Waals surface area (Å²) >= 11 is 5.37. The van der Waals surface area contributed by atoms with E-state index in [0.717, 1.165) is 6.42 Å². The number of carbonyl (C=O) groups is 2. The fraction of sp³-hybridized carbons (Fsp3) is 0.800. The number of hydrogen-bond donors (Lipinski definition) is 0. The molecule has 1 amide bonds. The van der Waals surface area contributed by atoms with Crippen molar-refractivity contribution in [3.05, 3.63) is 0 Å². The highest BCUT2D eigenvalue weighted by molar-refractivity contribution is 6.63. The normalized spacial score (nSPS) is 21.6. The Labute approximate surface area is 94.5 Å². The molecular formula is C10H16ClNO3. The van der Waals surface area contributed by atoms with E-state index in [2.05, 4.69) is 0 Å². The summed E-state index contributed by atoms with van der Waals surface area (Å²) in [5.41, 5.74) is -0.527. The number of halogens is 1. The molecule has 4 nitrogen and oxygen atoms in total. The summed E-state index contributed by atoms with van der Waals surface area (Å²) in [5, 5.41) is -0.580. The van der Waals surface area contributed by atoms with Crippen LogP contribution in [0.3, 0.4) is 0 Å². The van der Waals surface area contributed by atoms with Gasteiger partial charge in [-0.2, -0.15) is 0 Å². The summed E-state index contributed by atoms with van der Waals surface area (Å²) in [6.45, 7) is 5.93. The third-order valence-corrected chi connectivity index (χ3v) is 2.37. The van der Waals surface area contributed by atoms with Gasteiger partial charge in [0.1, 0.15) is 11.6 Å². The third kappa shape index (κ3) is 3.38. The summed E-state index contributed by atoms with van der Waals surface area (Å²) in [4.78, 5) is 24.1. The van der Waals surface area contributed by atoms with Gasteiger partial charge in [-0.1, -0.05) is 0 Å². The van der Waals surface area contributed by atoms with E-state index in [9.17, 15) is 9.59 Å². The molecule has 0 aliphatic carbocycles. The van der Waals surface area contributed by atoms with Crippen molar-refractivity contribution in [1.82, 2.24) is 4.90 Å². The van der Waals surface area contributed by atoms with Crippen LogP contribution in [0.25, 0.3) is 0 Å². The number of esters is 1. The van der Waals surface area contributed by atoms with E-state index >= 15 is 0 Å². The standard InChI is InChI=1S/C10H16ClNO3/c1-10(2,3)15-8(13)7-5-4-6-12(7)9(11)14/h7H,4-6H2,1-3H3/t7-/m1/s1. The van der Waals surface area contributed by atoms with E-state index in [1.807, 2.05) is 0 Å². The van der Waals surface area contributed by atoms with Gasteiger partial charge in [0.15, 0.2) is 0 Å². The molecule has 86 valence electrons. The van der Waals surface area contributed by atoms with Gasteiger partial charge in [0.25, 0.3) is 0 Å². The van der Waals surface area contributed by atoms with Gasteiger partial charge in [-0.05, 0) is 45.2 Å². The Hall–Kier alpha value is -0.770. The van der Waals surface area contributed by atoms with Gasteiger partial charge in [0.2, 0.25) is 0 Å². The van der Waals surface area contributed by atoms with Crippen LogP contribution in [0.15, 0.2) is 0 Å². The van der Waals surface area contributed by atoms with Crippen LogP contribution >= 0.6 is 11.6 Å². The molecule has 0 radical (unpaired) electrons. The number of hydrogen-bond acceptors (Lipinski definition) is 3. The van der Waals surface area contributed by atoms with Crippen LogP contribution in [0.5, 0.6) is 0 Å². The zero-order valence-electron chi connectivity index (χ0n) is 9.25. The second kappa shape index (κ2) is 4.39. The van der Waals surface area contributed by atoms with E-state index in [-0.39, 0.29) is 5.97 Å². The van der Waals surface area contributed by atoms with Crippen LogP contribution in [0.1, 0.15) is 33.6 Å². The van der Waals surface area contributed by atoms with Gasteiger partial charge in [-0.3, -0.25) is 4.79 Å². The molecule has 1 atom stereocenters. The summed E-state index contributed by atoms with van der Waals surface area (Å²) in [5.74, 6) is -0.367. The number of nitrogens with zero attached hydrogens (tertiary/aromatic N) is 1. The lowest BCUT2D eigenvalue weighted by molar-refractivity contribution is -0.159. The summed E-state index contributed by atoms with van der Waals surface area (Å²) in [6.07, 6.45) is 1.43. The summed E-state index contributed by atoms with van der Waals surface area (Å²) < 4.78 is 5.21. The van der Waals surface area contributed by atoms with Crippen molar-refractivity contribution in [2.75, 3.05) is 6.54 Å². The predicted molar refractivity (Wildman–Crippen MR) is 56.8 cm³/mol. The Morgan fingerprint density at radius 2 is 2.00 bits per heavy atom. The Morgan fingerprint density at radius 3 is 2.47 bits per heavy atom. The molecular weight excluding hydrogens is 218 g/mol. The van der Waals surface area contributed by atoms with Gasteiger partial charge in [-0.15, -0.1) is 0 Å². The number of ether oxygens (including phenoxy) is 1. The highest BCUT2D eigenvalue weighted by Gasteiger charge is 2.36. The Kier molecular flexibility index (Phi) is 3.60. The van der Waals surface area contributed by atoms with Crippen LogP contribution in [-0.4, -0.2) is 34.4 Å². The van der Waals surface area contributed by atoms with E-state index in [0.29, 0.717) is 13.0 Å². The van der Waals surface area contributed by atoms with Crippen LogP contribution in [-0.2, 0) is 9.53 Å². The summed E-state index contributed by atoms with van der Waals surface area (Å²) in [7, 11) is 0. The van der Waals surface area contributed by atoms with Gasteiger partial charge in [0, 0.05) is 6.54 Å². The highest BCUT2D eigenvalue weighted by atomic mass is 35.5. The van der Waals surface area contributed by atoms with Gasteiger partial charge >= 0.3 is 11.3 Å². The van der Waals surface area contributed by atoms with Crippen molar-refractivity contribution in [3.8, 4) is 0 Å². The SMILES string of the molecule is CC(C)(C)OC(=O)[C@H]1CCCN1C(=O)Cl. The largest absolute Gasteiger partial charge is 0.458 e. The van der Waals surface area contributed by atoms with E-state index in [4.69, 9.17) is 16.3 Å². The molecule has 1 heterocycles. The maximum atomic E-state index is 11.7. The number of amides is 1. The van der Waals surface area contributed by atoms with E-state index in [1.165, 1.54) is 4.90 Å². The molecule has 1 saturated heterocycles. The number of rotatable bonds is 1. The quantitative estimate of drug-likeness (QED) is 0.396. The van der Waals surface area contributed by atoms with Crippen LogP contribution < -0.4 is 0 Å². The monoisotopic (exact) mass is 233 g/mol. The Balaban J connectivity index is 2.63. The smallest absolute Gasteiger partial charge is 0.329 e. The molecule has 1 aliphatic rings. The predicted octanol–water partition coefficient (Wildman–Crippen LogP) is 2.15.